The first-order valence-corrected chi connectivity index (χ1v) is 8.22. The van der Waals surface area contributed by atoms with Gasteiger partial charge in [0, 0.05) is 18.7 Å². The number of hydrogen-bond donors (Lipinski definition) is 1. The number of nitrogens with zero attached hydrogens (tertiary/aromatic N) is 4. The highest BCUT2D eigenvalue weighted by Gasteiger charge is 2.36. The zero-order valence-electron chi connectivity index (χ0n) is 13.6. The van der Waals surface area contributed by atoms with Gasteiger partial charge in [-0.25, -0.2) is 0 Å². The van der Waals surface area contributed by atoms with Crippen molar-refractivity contribution in [1.82, 2.24) is 14.8 Å². The Morgan fingerprint density at radius 3 is 2.73 bits per heavy atom. The molecule has 8 nitrogen and oxygen atoms in total. The third-order valence-corrected chi connectivity index (χ3v) is 4.44. The van der Waals surface area contributed by atoms with Gasteiger partial charge in [0.1, 0.15) is 6.33 Å². The fourth-order valence-corrected chi connectivity index (χ4v) is 2.88. The molecular formula is C14H14F3N5O3S. The lowest BCUT2D eigenvalue weighted by Gasteiger charge is -2.16. The quantitative estimate of drug-likeness (QED) is 0.462. The molecule has 0 aliphatic rings. The number of nitrogens with one attached hydrogen (secondary N) is 1. The molecule has 0 saturated carbocycles. The minimum atomic E-state index is -4.85. The molecule has 1 aromatic heterocycles. The van der Waals surface area contributed by atoms with E-state index in [1.165, 1.54) is 13.3 Å². The number of aromatic nitrogens is 3. The Bertz CT molecular complexity index is 824. The van der Waals surface area contributed by atoms with Gasteiger partial charge in [-0.1, -0.05) is 11.8 Å². The number of alkyl halides is 3. The molecule has 2 rings (SSSR count). The van der Waals surface area contributed by atoms with Crippen molar-refractivity contribution in [3.8, 4) is 0 Å². The number of hydrogen-bond acceptors (Lipinski definition) is 6. The fourth-order valence-electron chi connectivity index (χ4n) is 1.99. The Labute approximate surface area is 149 Å². The minimum Gasteiger partial charge on any atom is -0.325 e. The Balaban J connectivity index is 2.21. The van der Waals surface area contributed by atoms with Crippen LogP contribution >= 0.6 is 11.8 Å². The summed E-state index contributed by atoms with van der Waals surface area (Å²) in [6, 6.07) is 2.16. The van der Waals surface area contributed by atoms with Gasteiger partial charge in [0.25, 0.3) is 5.69 Å². The summed E-state index contributed by atoms with van der Waals surface area (Å²) in [5.74, 6) is -0.694. The predicted molar refractivity (Wildman–Crippen MR) is 87.7 cm³/mol. The van der Waals surface area contributed by atoms with Gasteiger partial charge in [-0.05, 0) is 19.9 Å². The molecule has 0 fully saturated rings. The van der Waals surface area contributed by atoms with Gasteiger partial charge in [-0.3, -0.25) is 14.9 Å². The van der Waals surface area contributed by atoms with E-state index in [-0.39, 0.29) is 0 Å². The van der Waals surface area contributed by atoms with Crippen LogP contribution in [0.5, 0.6) is 0 Å². The summed E-state index contributed by atoms with van der Waals surface area (Å²) in [5, 5.41) is 20.1. The van der Waals surface area contributed by atoms with Crippen molar-refractivity contribution in [3.63, 3.8) is 0 Å². The Hall–Kier alpha value is -2.63. The standard InChI is InChI=1S/C14H14F3N5O3S/c1-3-21-7-18-20-13(21)26-8(2)12(23)19-11-5-4-9(22(24)25)6-10(11)14(15,16)17/h4-8H,3H2,1-2H3,(H,19,23)/t8-/m0/s1. The van der Waals surface area contributed by atoms with E-state index >= 15 is 0 Å². The zero-order chi connectivity index (χ0) is 19.5. The summed E-state index contributed by atoms with van der Waals surface area (Å²) in [7, 11) is 0. The zero-order valence-corrected chi connectivity index (χ0v) is 14.5. The molecule has 0 saturated heterocycles. The average Bonchev–Trinajstić information content (AvgIpc) is 3.01. The van der Waals surface area contributed by atoms with Crippen LogP contribution in [0.25, 0.3) is 0 Å². The van der Waals surface area contributed by atoms with Crippen LogP contribution in [0.15, 0.2) is 29.7 Å². The van der Waals surface area contributed by atoms with E-state index in [1.54, 1.807) is 4.57 Å². The molecule has 0 radical (unpaired) electrons. The van der Waals surface area contributed by atoms with Gasteiger partial charge in [-0.15, -0.1) is 10.2 Å². The molecule has 1 aromatic carbocycles. The van der Waals surface area contributed by atoms with Gasteiger partial charge >= 0.3 is 6.18 Å². The van der Waals surface area contributed by atoms with E-state index in [2.05, 4.69) is 15.5 Å². The first kappa shape index (κ1) is 19.7. The van der Waals surface area contributed by atoms with Gasteiger partial charge < -0.3 is 9.88 Å². The van der Waals surface area contributed by atoms with Gasteiger partial charge in [-0.2, -0.15) is 13.2 Å². The van der Waals surface area contributed by atoms with Crippen molar-refractivity contribution in [2.24, 2.45) is 0 Å². The number of aryl methyl sites for hydroxylation is 1. The molecule has 1 heterocycles. The van der Waals surface area contributed by atoms with Crippen molar-refractivity contribution < 1.29 is 22.9 Å². The molecule has 140 valence electrons. The average molecular weight is 389 g/mol. The highest BCUT2D eigenvalue weighted by atomic mass is 32.2. The van der Waals surface area contributed by atoms with Crippen molar-refractivity contribution in [2.45, 2.75) is 37.0 Å². The first-order chi connectivity index (χ1) is 12.1. The summed E-state index contributed by atoms with van der Waals surface area (Å²) in [6.45, 7) is 3.93. The summed E-state index contributed by atoms with van der Waals surface area (Å²) in [5.41, 5.74) is -2.54. The number of carbonyl (C=O) groups is 1. The van der Waals surface area contributed by atoms with Crippen molar-refractivity contribution >= 4 is 29.0 Å². The van der Waals surface area contributed by atoms with Crippen molar-refractivity contribution in [3.05, 3.63) is 40.2 Å². The third-order valence-electron chi connectivity index (χ3n) is 3.35. The normalized spacial score (nSPS) is 12.7. The number of non-ortho nitro benzene ring substituents is 1. The minimum absolute atomic E-state index is 0.390. The van der Waals surface area contributed by atoms with E-state index in [4.69, 9.17) is 0 Å². The van der Waals surface area contributed by atoms with E-state index in [0.717, 1.165) is 23.9 Å². The lowest BCUT2D eigenvalue weighted by Crippen LogP contribution is -2.24. The number of thioether (sulfide) groups is 1. The molecule has 0 aliphatic heterocycles. The van der Waals surface area contributed by atoms with Crippen LogP contribution in [0.4, 0.5) is 24.5 Å². The van der Waals surface area contributed by atoms with Gasteiger partial charge in [0.15, 0.2) is 5.16 Å². The molecular weight excluding hydrogens is 375 g/mol. The summed E-state index contributed by atoms with van der Waals surface area (Å²) >= 11 is 1.04. The largest absolute Gasteiger partial charge is 0.418 e. The number of amides is 1. The second-order valence-electron chi connectivity index (χ2n) is 5.13. The first-order valence-electron chi connectivity index (χ1n) is 7.34. The second-order valence-corrected chi connectivity index (χ2v) is 6.44. The summed E-state index contributed by atoms with van der Waals surface area (Å²) in [6.07, 6.45) is -3.38. The summed E-state index contributed by atoms with van der Waals surface area (Å²) < 4.78 is 41.1. The molecule has 0 bridgehead atoms. The molecule has 12 heteroatoms. The number of nitro benzene ring substituents is 1. The third kappa shape index (κ3) is 4.50. The van der Waals surface area contributed by atoms with E-state index < -0.39 is 39.2 Å². The van der Waals surface area contributed by atoms with Crippen LogP contribution in [0, 0.1) is 10.1 Å². The van der Waals surface area contributed by atoms with Crippen LogP contribution in [0.2, 0.25) is 0 Å². The smallest absolute Gasteiger partial charge is 0.325 e. The van der Waals surface area contributed by atoms with Gasteiger partial charge in [0.2, 0.25) is 5.91 Å². The second kappa shape index (κ2) is 7.72. The van der Waals surface area contributed by atoms with Crippen LogP contribution in [0.1, 0.15) is 19.4 Å². The maximum atomic E-state index is 13.1. The van der Waals surface area contributed by atoms with Gasteiger partial charge in [0.05, 0.1) is 21.4 Å². The van der Waals surface area contributed by atoms with E-state index in [0.29, 0.717) is 17.8 Å². The van der Waals surface area contributed by atoms with Crippen LogP contribution in [-0.4, -0.2) is 30.8 Å². The molecule has 0 spiro atoms. The SMILES string of the molecule is CCn1cnnc1S[C@@H](C)C(=O)Nc1ccc([N+](=O)[O-])cc1C(F)(F)F. The molecule has 1 N–H and O–H groups in total. The molecule has 26 heavy (non-hydrogen) atoms. The van der Waals surface area contributed by atoms with Crippen LogP contribution in [0.3, 0.4) is 0 Å². The Morgan fingerprint density at radius 1 is 1.46 bits per heavy atom. The van der Waals surface area contributed by atoms with E-state index in [1.807, 2.05) is 6.92 Å². The molecule has 0 aliphatic carbocycles. The molecule has 0 unspecified atom stereocenters. The molecule has 1 amide bonds. The highest BCUT2D eigenvalue weighted by molar-refractivity contribution is 8.00. The van der Waals surface area contributed by atoms with Crippen molar-refractivity contribution in [2.75, 3.05) is 5.32 Å². The highest BCUT2D eigenvalue weighted by Crippen LogP contribution is 2.37. The number of anilines is 1. The predicted octanol–water partition coefficient (Wildman–Crippen LogP) is 3.34. The monoisotopic (exact) mass is 389 g/mol. The molecule has 2 aromatic rings. The lowest BCUT2D eigenvalue weighted by atomic mass is 10.1. The maximum Gasteiger partial charge on any atom is 0.418 e. The number of benzene rings is 1. The van der Waals surface area contributed by atoms with Crippen molar-refractivity contribution in [1.29, 1.82) is 0 Å². The maximum absolute atomic E-state index is 13.1. The lowest BCUT2D eigenvalue weighted by molar-refractivity contribution is -0.385. The van der Waals surface area contributed by atoms with E-state index in [9.17, 15) is 28.1 Å². The fraction of sp³-hybridized carbons (Fsp3) is 0.357. The summed E-state index contributed by atoms with van der Waals surface area (Å²) in [4.78, 5) is 22.0. The Kier molecular flexibility index (Phi) is 5.85. The number of carbonyl (C=O) groups excluding carboxylic acids is 1. The molecule has 1 atom stereocenters. The Morgan fingerprint density at radius 2 is 2.15 bits per heavy atom. The van der Waals surface area contributed by atoms with Crippen LogP contribution < -0.4 is 5.32 Å². The number of nitro groups is 1. The number of rotatable bonds is 6. The topological polar surface area (TPSA) is 103 Å². The number of halogens is 3. The van der Waals surface area contributed by atoms with Crippen LogP contribution in [-0.2, 0) is 17.5 Å².